The van der Waals surface area contributed by atoms with Gasteiger partial charge in [0.15, 0.2) is 0 Å². The maximum Gasteiger partial charge on any atom is 0.243 e. The van der Waals surface area contributed by atoms with Crippen molar-refractivity contribution in [3.63, 3.8) is 0 Å². The fourth-order valence-corrected chi connectivity index (χ4v) is 1.62. The van der Waals surface area contributed by atoms with Gasteiger partial charge in [0.25, 0.3) is 0 Å². The molecule has 0 atom stereocenters. The predicted molar refractivity (Wildman–Crippen MR) is 66.2 cm³/mol. The Morgan fingerprint density at radius 1 is 1.12 bits per heavy atom. The molecule has 0 saturated carbocycles. The molecule has 0 aromatic heterocycles. The van der Waals surface area contributed by atoms with E-state index in [1.165, 1.54) is 7.11 Å². The highest BCUT2D eigenvalue weighted by Crippen LogP contribution is 2.03. The summed E-state index contributed by atoms with van der Waals surface area (Å²) in [5.41, 5.74) is 2.23. The third-order valence-corrected chi connectivity index (χ3v) is 2.35. The molecule has 0 heterocycles. The molecule has 0 aliphatic rings. The van der Waals surface area contributed by atoms with E-state index in [1.54, 1.807) is 0 Å². The maximum absolute atomic E-state index is 11.8. The van der Waals surface area contributed by atoms with E-state index in [9.17, 15) is 9.59 Å². The van der Waals surface area contributed by atoms with Gasteiger partial charge in [0.1, 0.15) is 0 Å². The second-order valence-corrected chi connectivity index (χ2v) is 3.96. The smallest absolute Gasteiger partial charge is 0.243 e. The van der Waals surface area contributed by atoms with Gasteiger partial charge in [0, 0.05) is 25.9 Å². The summed E-state index contributed by atoms with van der Waals surface area (Å²) in [6, 6.07) is 0. The molecule has 5 nitrogen and oxygen atoms in total. The summed E-state index contributed by atoms with van der Waals surface area (Å²) in [5.74, 6) is -0.0447. The lowest BCUT2D eigenvalue weighted by atomic mass is 10.2. The highest BCUT2D eigenvalue weighted by Gasteiger charge is 2.11. The van der Waals surface area contributed by atoms with E-state index < -0.39 is 0 Å². The minimum absolute atomic E-state index is 0.138. The summed E-state index contributed by atoms with van der Waals surface area (Å²) >= 11 is 0. The lowest BCUT2D eigenvalue weighted by Gasteiger charge is -2.21. The van der Waals surface area contributed by atoms with Crippen LogP contribution in [0.2, 0.25) is 0 Å². The molecule has 1 N–H and O–H groups in total. The largest absolute Gasteiger partial charge is 0.343 e. The molecule has 0 aromatic rings. The van der Waals surface area contributed by atoms with Gasteiger partial charge in [0.05, 0.1) is 7.11 Å². The molecular weight excluding hydrogens is 220 g/mol. The van der Waals surface area contributed by atoms with Crippen molar-refractivity contribution in [3.8, 4) is 0 Å². The van der Waals surface area contributed by atoms with Crippen LogP contribution in [0.3, 0.4) is 0 Å². The Hall–Kier alpha value is -1.10. The van der Waals surface area contributed by atoms with Crippen LogP contribution in [0, 0.1) is 0 Å². The Morgan fingerprint density at radius 2 is 1.71 bits per heavy atom. The van der Waals surface area contributed by atoms with Gasteiger partial charge in [-0.15, -0.1) is 0 Å². The van der Waals surface area contributed by atoms with E-state index in [0.29, 0.717) is 19.3 Å². The summed E-state index contributed by atoms with van der Waals surface area (Å²) < 4.78 is 0. The summed E-state index contributed by atoms with van der Waals surface area (Å²) in [6.07, 6.45) is 3.26. The Bertz CT molecular complexity index is 226. The van der Waals surface area contributed by atoms with Crippen molar-refractivity contribution in [2.45, 2.75) is 46.0 Å². The van der Waals surface area contributed by atoms with Crippen LogP contribution in [-0.2, 0) is 14.4 Å². The summed E-state index contributed by atoms with van der Waals surface area (Å²) in [4.78, 5) is 29.3. The van der Waals surface area contributed by atoms with Crippen molar-refractivity contribution >= 4 is 11.8 Å². The van der Waals surface area contributed by atoms with E-state index in [1.807, 2.05) is 4.90 Å². The van der Waals surface area contributed by atoms with E-state index in [0.717, 1.165) is 25.9 Å². The van der Waals surface area contributed by atoms with Gasteiger partial charge in [-0.25, -0.2) is 5.48 Å². The fraction of sp³-hybridized carbons (Fsp3) is 0.833. The predicted octanol–water partition coefficient (Wildman–Crippen LogP) is 1.48. The first-order chi connectivity index (χ1) is 8.15. The fourth-order valence-electron chi connectivity index (χ4n) is 1.62. The van der Waals surface area contributed by atoms with Crippen LogP contribution in [0.4, 0.5) is 0 Å². The van der Waals surface area contributed by atoms with E-state index in [4.69, 9.17) is 0 Å². The van der Waals surface area contributed by atoms with E-state index >= 15 is 0 Å². The molecular formula is C12H24N2O3. The number of nitrogens with one attached hydrogen (secondary N) is 1. The van der Waals surface area contributed by atoms with Gasteiger partial charge in [-0.3, -0.25) is 14.4 Å². The molecule has 0 spiro atoms. The third kappa shape index (κ3) is 7.74. The molecule has 100 valence electrons. The van der Waals surface area contributed by atoms with Crippen molar-refractivity contribution in [1.29, 1.82) is 0 Å². The first-order valence-corrected chi connectivity index (χ1v) is 6.25. The third-order valence-electron chi connectivity index (χ3n) is 2.35. The molecule has 0 aliphatic heterocycles. The maximum atomic E-state index is 11.8. The zero-order valence-electron chi connectivity index (χ0n) is 11.1. The standard InChI is InChI=1S/C12H24N2O3/c1-4-9-14(10-5-2)12(16)8-6-7-11(15)13-17-3/h4-10H2,1-3H3,(H,13,15). The van der Waals surface area contributed by atoms with Crippen molar-refractivity contribution in [1.82, 2.24) is 10.4 Å². The number of nitrogens with zero attached hydrogens (tertiary/aromatic N) is 1. The topological polar surface area (TPSA) is 58.6 Å². The average molecular weight is 244 g/mol. The molecule has 5 heteroatoms. The Kier molecular flexibility index (Phi) is 9.43. The Balaban J connectivity index is 3.84. The van der Waals surface area contributed by atoms with Gasteiger partial charge in [0.2, 0.25) is 11.8 Å². The monoisotopic (exact) mass is 244 g/mol. The van der Waals surface area contributed by atoms with Crippen LogP contribution in [0.5, 0.6) is 0 Å². The summed E-state index contributed by atoms with van der Waals surface area (Å²) in [5, 5.41) is 0. The number of carbonyl (C=O) groups is 2. The highest BCUT2D eigenvalue weighted by molar-refractivity contribution is 5.78. The van der Waals surface area contributed by atoms with Crippen LogP contribution >= 0.6 is 0 Å². The number of amides is 2. The molecule has 2 amide bonds. The van der Waals surface area contributed by atoms with Crippen LogP contribution in [0.25, 0.3) is 0 Å². The zero-order valence-corrected chi connectivity index (χ0v) is 11.1. The van der Waals surface area contributed by atoms with E-state index in [-0.39, 0.29) is 11.8 Å². The number of carbonyl (C=O) groups excluding carboxylic acids is 2. The van der Waals surface area contributed by atoms with E-state index in [2.05, 4.69) is 24.2 Å². The Morgan fingerprint density at radius 3 is 2.18 bits per heavy atom. The minimum atomic E-state index is -0.183. The quantitative estimate of drug-likeness (QED) is 0.625. The van der Waals surface area contributed by atoms with Crippen molar-refractivity contribution in [3.05, 3.63) is 0 Å². The molecule has 0 rings (SSSR count). The van der Waals surface area contributed by atoms with Gasteiger partial charge in [-0.2, -0.15) is 0 Å². The molecule has 0 unspecified atom stereocenters. The molecule has 0 aromatic carbocycles. The van der Waals surface area contributed by atoms with Gasteiger partial charge in [-0.1, -0.05) is 13.8 Å². The Labute approximate surface area is 103 Å². The molecule has 0 aliphatic carbocycles. The molecule has 0 bridgehead atoms. The normalized spacial score (nSPS) is 10.1. The first kappa shape index (κ1) is 15.9. The number of hydrogen-bond acceptors (Lipinski definition) is 3. The number of hydroxylamine groups is 1. The second kappa shape index (κ2) is 10.1. The molecule has 0 fully saturated rings. The van der Waals surface area contributed by atoms with Crippen LogP contribution in [-0.4, -0.2) is 36.9 Å². The highest BCUT2D eigenvalue weighted by atomic mass is 16.6. The summed E-state index contributed by atoms with van der Waals surface area (Å²) in [6.45, 7) is 5.72. The van der Waals surface area contributed by atoms with Crippen molar-refractivity contribution in [2.75, 3.05) is 20.2 Å². The summed E-state index contributed by atoms with van der Waals surface area (Å²) in [7, 11) is 1.40. The van der Waals surface area contributed by atoms with Gasteiger partial charge < -0.3 is 4.90 Å². The second-order valence-electron chi connectivity index (χ2n) is 3.96. The molecule has 17 heavy (non-hydrogen) atoms. The number of hydrogen-bond donors (Lipinski definition) is 1. The van der Waals surface area contributed by atoms with Crippen molar-refractivity contribution < 1.29 is 14.4 Å². The van der Waals surface area contributed by atoms with Crippen LogP contribution in [0.15, 0.2) is 0 Å². The molecule has 0 saturated heterocycles. The average Bonchev–Trinajstić information content (AvgIpc) is 2.29. The van der Waals surface area contributed by atoms with Gasteiger partial charge in [-0.05, 0) is 19.3 Å². The minimum Gasteiger partial charge on any atom is -0.343 e. The van der Waals surface area contributed by atoms with Crippen molar-refractivity contribution in [2.24, 2.45) is 0 Å². The zero-order chi connectivity index (χ0) is 13.1. The lowest BCUT2D eigenvalue weighted by molar-refractivity contribution is -0.132. The number of rotatable bonds is 9. The molecule has 0 radical (unpaired) electrons. The SMILES string of the molecule is CCCN(CCC)C(=O)CCCC(=O)NOC. The van der Waals surface area contributed by atoms with Crippen LogP contribution < -0.4 is 5.48 Å². The lowest BCUT2D eigenvalue weighted by Crippen LogP contribution is -2.32. The van der Waals surface area contributed by atoms with Gasteiger partial charge >= 0.3 is 0 Å². The van der Waals surface area contributed by atoms with Crippen LogP contribution in [0.1, 0.15) is 46.0 Å². The first-order valence-electron chi connectivity index (χ1n) is 6.25.